The Labute approximate surface area is 124 Å². The van der Waals surface area contributed by atoms with Crippen LogP contribution in [0.15, 0.2) is 46.5 Å². The summed E-state index contributed by atoms with van der Waals surface area (Å²) in [6, 6.07) is 9.61. The SMILES string of the molecule is COc1ccc2nc(Sc3ccc(F)cc3C=O)[nH]c2c1. The van der Waals surface area contributed by atoms with Crippen LogP contribution in [0.25, 0.3) is 11.0 Å². The molecule has 0 aliphatic heterocycles. The molecule has 1 heterocycles. The number of ether oxygens (including phenoxy) is 1. The van der Waals surface area contributed by atoms with Crippen LogP contribution >= 0.6 is 11.8 Å². The zero-order chi connectivity index (χ0) is 14.8. The number of aromatic amines is 1. The summed E-state index contributed by atoms with van der Waals surface area (Å²) in [5.74, 6) is 0.300. The molecular weight excluding hydrogens is 291 g/mol. The van der Waals surface area contributed by atoms with E-state index in [4.69, 9.17) is 4.74 Å². The number of nitrogens with one attached hydrogen (secondary N) is 1. The Morgan fingerprint density at radius 2 is 2.14 bits per heavy atom. The largest absolute Gasteiger partial charge is 0.497 e. The molecular formula is C15H11FN2O2S. The number of nitrogens with zero attached hydrogens (tertiary/aromatic N) is 1. The van der Waals surface area contributed by atoms with E-state index in [-0.39, 0.29) is 0 Å². The lowest BCUT2D eigenvalue weighted by Gasteiger charge is -2.01. The number of carbonyl (C=O) groups is 1. The van der Waals surface area contributed by atoms with Gasteiger partial charge in [0.15, 0.2) is 11.4 Å². The lowest BCUT2D eigenvalue weighted by Crippen LogP contribution is -1.87. The number of hydrogen-bond donors (Lipinski definition) is 1. The van der Waals surface area contributed by atoms with Crippen LogP contribution in [0.1, 0.15) is 10.4 Å². The molecule has 3 aromatic rings. The van der Waals surface area contributed by atoms with Crippen LogP contribution in [0, 0.1) is 5.82 Å². The van der Waals surface area contributed by atoms with Crippen LogP contribution in [0.4, 0.5) is 4.39 Å². The van der Waals surface area contributed by atoms with Crippen LogP contribution in [0.2, 0.25) is 0 Å². The Balaban J connectivity index is 1.96. The van der Waals surface area contributed by atoms with Crippen molar-refractivity contribution in [1.29, 1.82) is 0 Å². The Hall–Kier alpha value is -2.34. The Morgan fingerprint density at radius 3 is 2.90 bits per heavy atom. The highest BCUT2D eigenvalue weighted by Gasteiger charge is 2.09. The number of rotatable bonds is 4. The van der Waals surface area contributed by atoms with Crippen molar-refractivity contribution in [2.75, 3.05) is 7.11 Å². The number of hydrogen-bond acceptors (Lipinski definition) is 4. The highest BCUT2D eigenvalue weighted by atomic mass is 32.2. The standard InChI is InChI=1S/C15H11FN2O2S/c1-20-11-3-4-12-13(7-11)18-15(17-12)21-14-5-2-10(16)6-9(14)8-19/h2-8H,1H3,(H,17,18). The Morgan fingerprint density at radius 1 is 1.29 bits per heavy atom. The maximum Gasteiger partial charge on any atom is 0.171 e. The molecule has 0 unspecified atom stereocenters. The quantitative estimate of drug-likeness (QED) is 0.747. The molecule has 0 radical (unpaired) electrons. The van der Waals surface area contributed by atoms with Gasteiger partial charge in [0.2, 0.25) is 0 Å². The predicted octanol–water partition coefficient (Wildman–Crippen LogP) is 3.67. The molecule has 1 N–H and O–H groups in total. The minimum Gasteiger partial charge on any atom is -0.497 e. The van der Waals surface area contributed by atoms with Gasteiger partial charge < -0.3 is 9.72 Å². The van der Waals surface area contributed by atoms with Crippen LogP contribution in [0.5, 0.6) is 5.75 Å². The smallest absolute Gasteiger partial charge is 0.171 e. The molecule has 6 heteroatoms. The molecule has 21 heavy (non-hydrogen) atoms. The molecule has 3 rings (SSSR count). The van der Waals surface area contributed by atoms with E-state index in [0.29, 0.717) is 21.9 Å². The van der Waals surface area contributed by atoms with Crippen molar-refractivity contribution in [3.05, 3.63) is 47.8 Å². The van der Waals surface area contributed by atoms with Crippen molar-refractivity contribution in [2.24, 2.45) is 0 Å². The summed E-state index contributed by atoms with van der Waals surface area (Å²) in [4.78, 5) is 19.2. The van der Waals surface area contributed by atoms with Crippen molar-refractivity contribution in [2.45, 2.75) is 10.1 Å². The van der Waals surface area contributed by atoms with Crippen LogP contribution in [-0.4, -0.2) is 23.4 Å². The first-order valence-electron chi connectivity index (χ1n) is 6.16. The van der Waals surface area contributed by atoms with E-state index in [2.05, 4.69) is 9.97 Å². The first kappa shape index (κ1) is 13.6. The maximum atomic E-state index is 13.1. The Bertz CT molecular complexity index is 817. The number of benzene rings is 2. The van der Waals surface area contributed by atoms with Gasteiger partial charge in [-0.2, -0.15) is 0 Å². The van der Waals surface area contributed by atoms with Gasteiger partial charge in [-0.05, 0) is 30.3 Å². The minimum absolute atomic E-state index is 0.304. The first-order valence-corrected chi connectivity index (χ1v) is 6.97. The molecule has 0 aliphatic carbocycles. The molecule has 0 atom stereocenters. The third-order valence-corrected chi connectivity index (χ3v) is 3.95. The van der Waals surface area contributed by atoms with Gasteiger partial charge in [-0.3, -0.25) is 4.79 Å². The molecule has 0 bridgehead atoms. The average molecular weight is 302 g/mol. The van der Waals surface area contributed by atoms with E-state index in [1.807, 2.05) is 18.2 Å². The van der Waals surface area contributed by atoms with Crippen molar-refractivity contribution < 1.29 is 13.9 Å². The highest BCUT2D eigenvalue weighted by Crippen LogP contribution is 2.30. The number of imidazole rings is 1. The van der Waals surface area contributed by atoms with E-state index in [9.17, 15) is 9.18 Å². The fourth-order valence-electron chi connectivity index (χ4n) is 1.95. The first-order chi connectivity index (χ1) is 10.2. The molecule has 0 saturated carbocycles. The van der Waals surface area contributed by atoms with Crippen LogP contribution < -0.4 is 4.74 Å². The number of halogens is 1. The van der Waals surface area contributed by atoms with Crippen molar-refractivity contribution in [3.63, 3.8) is 0 Å². The maximum absolute atomic E-state index is 13.1. The molecule has 106 valence electrons. The van der Waals surface area contributed by atoms with Gasteiger partial charge in [0, 0.05) is 16.5 Å². The van der Waals surface area contributed by atoms with E-state index in [0.717, 1.165) is 16.8 Å². The van der Waals surface area contributed by atoms with Gasteiger partial charge in [-0.15, -0.1) is 0 Å². The molecule has 0 amide bonds. The van der Waals surface area contributed by atoms with Crippen LogP contribution in [0.3, 0.4) is 0 Å². The number of carbonyl (C=O) groups excluding carboxylic acids is 1. The second-order valence-corrected chi connectivity index (χ2v) is 5.36. The van der Waals surface area contributed by atoms with Gasteiger partial charge in [0.05, 0.1) is 18.1 Å². The lowest BCUT2D eigenvalue weighted by molar-refractivity contribution is 0.112. The summed E-state index contributed by atoms with van der Waals surface area (Å²) >= 11 is 1.28. The van der Waals surface area contributed by atoms with Gasteiger partial charge in [-0.1, -0.05) is 11.8 Å². The van der Waals surface area contributed by atoms with E-state index in [1.54, 1.807) is 13.2 Å². The summed E-state index contributed by atoms with van der Waals surface area (Å²) in [5, 5.41) is 0.632. The second kappa shape index (κ2) is 5.57. The van der Waals surface area contributed by atoms with E-state index >= 15 is 0 Å². The number of methoxy groups -OCH3 is 1. The molecule has 0 saturated heterocycles. The zero-order valence-electron chi connectivity index (χ0n) is 11.1. The topological polar surface area (TPSA) is 55.0 Å². The van der Waals surface area contributed by atoms with E-state index in [1.165, 1.54) is 23.9 Å². The van der Waals surface area contributed by atoms with Crippen molar-refractivity contribution >= 4 is 29.1 Å². The fourth-order valence-corrected chi connectivity index (χ4v) is 2.82. The second-order valence-electron chi connectivity index (χ2n) is 4.33. The zero-order valence-corrected chi connectivity index (χ0v) is 11.9. The number of aldehydes is 1. The van der Waals surface area contributed by atoms with Gasteiger partial charge >= 0.3 is 0 Å². The molecule has 0 fully saturated rings. The molecule has 4 nitrogen and oxygen atoms in total. The van der Waals surface area contributed by atoms with E-state index < -0.39 is 5.82 Å². The monoisotopic (exact) mass is 302 g/mol. The minimum atomic E-state index is -0.434. The number of aromatic nitrogens is 2. The summed E-state index contributed by atoms with van der Waals surface area (Å²) < 4.78 is 18.3. The van der Waals surface area contributed by atoms with Gasteiger partial charge in [-0.25, -0.2) is 9.37 Å². The van der Waals surface area contributed by atoms with Gasteiger partial charge in [0.25, 0.3) is 0 Å². The summed E-state index contributed by atoms with van der Waals surface area (Å²) in [7, 11) is 1.60. The number of H-pyrrole nitrogens is 1. The van der Waals surface area contributed by atoms with Crippen LogP contribution in [-0.2, 0) is 0 Å². The molecule has 0 spiro atoms. The number of fused-ring (bicyclic) bond motifs is 1. The molecule has 1 aromatic heterocycles. The summed E-state index contributed by atoms with van der Waals surface area (Å²) in [6.07, 6.45) is 0.636. The summed E-state index contributed by atoms with van der Waals surface area (Å²) in [5.41, 5.74) is 1.94. The summed E-state index contributed by atoms with van der Waals surface area (Å²) in [6.45, 7) is 0. The fraction of sp³-hybridized carbons (Fsp3) is 0.0667. The predicted molar refractivity (Wildman–Crippen MR) is 78.6 cm³/mol. The average Bonchev–Trinajstić information content (AvgIpc) is 2.90. The third-order valence-electron chi connectivity index (χ3n) is 2.97. The normalized spacial score (nSPS) is 10.8. The lowest BCUT2D eigenvalue weighted by atomic mass is 10.2. The molecule has 0 aliphatic rings. The van der Waals surface area contributed by atoms with Gasteiger partial charge in [0.1, 0.15) is 11.6 Å². The third kappa shape index (κ3) is 2.75. The Kier molecular flexibility index (Phi) is 3.62. The van der Waals surface area contributed by atoms with Crippen molar-refractivity contribution in [3.8, 4) is 5.75 Å². The highest BCUT2D eigenvalue weighted by molar-refractivity contribution is 7.99. The molecule has 2 aromatic carbocycles. The van der Waals surface area contributed by atoms with Crippen molar-refractivity contribution in [1.82, 2.24) is 9.97 Å².